The zero-order valence-electron chi connectivity index (χ0n) is 16.4. The molecule has 0 bridgehead atoms. The molecule has 1 fully saturated rings. The molecule has 2 amide bonds. The standard InChI is InChI=1S/C20H32N4O3/c1-16(15-21)20(26)22-8-7-18-3-5-19(6-4-18)27-14-13-23-9-11-24(12-10-23)17(2)25/h3-6,16H,7-15,21H2,1-2H3,(H,22,26). The van der Waals surface area contributed by atoms with Gasteiger partial charge in [0, 0.05) is 58.7 Å². The van der Waals surface area contributed by atoms with Crippen LogP contribution < -0.4 is 15.8 Å². The van der Waals surface area contributed by atoms with E-state index >= 15 is 0 Å². The van der Waals surface area contributed by atoms with Crippen LogP contribution in [0, 0.1) is 5.92 Å². The van der Waals surface area contributed by atoms with Crippen LogP contribution in [0.2, 0.25) is 0 Å². The van der Waals surface area contributed by atoms with E-state index in [4.69, 9.17) is 10.5 Å². The van der Waals surface area contributed by atoms with E-state index in [0.717, 1.165) is 50.5 Å². The van der Waals surface area contributed by atoms with E-state index in [1.54, 1.807) is 6.92 Å². The lowest BCUT2D eigenvalue weighted by molar-refractivity contribution is -0.130. The molecule has 2 rings (SSSR count). The first kappa shape index (κ1) is 21.2. The Morgan fingerprint density at radius 2 is 1.85 bits per heavy atom. The van der Waals surface area contributed by atoms with Crippen molar-refractivity contribution in [3.63, 3.8) is 0 Å². The van der Waals surface area contributed by atoms with Gasteiger partial charge in [0.2, 0.25) is 11.8 Å². The number of hydrogen-bond acceptors (Lipinski definition) is 5. The van der Waals surface area contributed by atoms with E-state index in [1.165, 1.54) is 0 Å². The Bertz CT molecular complexity index is 598. The van der Waals surface area contributed by atoms with Crippen molar-refractivity contribution in [2.75, 3.05) is 52.4 Å². The quantitative estimate of drug-likeness (QED) is 0.655. The van der Waals surface area contributed by atoms with Gasteiger partial charge in [-0.1, -0.05) is 19.1 Å². The largest absolute Gasteiger partial charge is 0.492 e. The van der Waals surface area contributed by atoms with Crippen LogP contribution in [0.15, 0.2) is 24.3 Å². The Morgan fingerprint density at radius 3 is 2.44 bits per heavy atom. The van der Waals surface area contributed by atoms with Crippen LogP contribution in [0.4, 0.5) is 0 Å². The minimum absolute atomic E-state index is 0.00147. The fraction of sp³-hybridized carbons (Fsp3) is 0.600. The fourth-order valence-electron chi connectivity index (χ4n) is 2.94. The SMILES string of the molecule is CC(=O)N1CCN(CCOc2ccc(CCNC(=O)C(C)CN)cc2)CC1. The number of carbonyl (C=O) groups excluding carboxylic acids is 2. The molecule has 1 saturated heterocycles. The maximum atomic E-state index is 11.7. The Hall–Kier alpha value is -2.12. The molecule has 150 valence electrons. The molecule has 0 aliphatic carbocycles. The molecule has 0 aromatic heterocycles. The Labute approximate surface area is 161 Å². The average molecular weight is 377 g/mol. The Balaban J connectivity index is 1.63. The Morgan fingerprint density at radius 1 is 1.19 bits per heavy atom. The lowest BCUT2D eigenvalue weighted by atomic mass is 10.1. The number of hydrogen-bond donors (Lipinski definition) is 2. The highest BCUT2D eigenvalue weighted by Gasteiger charge is 2.18. The molecule has 1 aromatic carbocycles. The van der Waals surface area contributed by atoms with E-state index in [1.807, 2.05) is 36.1 Å². The third-order valence-electron chi connectivity index (χ3n) is 4.93. The van der Waals surface area contributed by atoms with Crippen LogP contribution in [0.1, 0.15) is 19.4 Å². The van der Waals surface area contributed by atoms with Crippen molar-refractivity contribution in [3.8, 4) is 5.75 Å². The first-order valence-electron chi connectivity index (χ1n) is 9.67. The number of nitrogens with zero attached hydrogens (tertiary/aromatic N) is 2. The molecule has 0 saturated carbocycles. The molecular weight excluding hydrogens is 344 g/mol. The first-order chi connectivity index (χ1) is 13.0. The second-order valence-electron chi connectivity index (χ2n) is 7.02. The summed E-state index contributed by atoms with van der Waals surface area (Å²) in [6.45, 7) is 9.30. The van der Waals surface area contributed by atoms with Crippen molar-refractivity contribution in [2.45, 2.75) is 20.3 Å². The first-order valence-corrected chi connectivity index (χ1v) is 9.67. The van der Waals surface area contributed by atoms with Gasteiger partial charge in [-0.25, -0.2) is 0 Å². The molecule has 1 aliphatic rings. The number of nitrogens with two attached hydrogens (primary N) is 1. The van der Waals surface area contributed by atoms with E-state index in [-0.39, 0.29) is 17.7 Å². The van der Waals surface area contributed by atoms with E-state index in [9.17, 15) is 9.59 Å². The van der Waals surface area contributed by atoms with Crippen LogP contribution in [0.5, 0.6) is 5.75 Å². The summed E-state index contributed by atoms with van der Waals surface area (Å²) < 4.78 is 5.82. The molecule has 7 heteroatoms. The van der Waals surface area contributed by atoms with Crippen LogP contribution >= 0.6 is 0 Å². The van der Waals surface area contributed by atoms with Gasteiger partial charge in [-0.15, -0.1) is 0 Å². The summed E-state index contributed by atoms with van der Waals surface area (Å²) in [5.74, 6) is 0.856. The molecule has 0 spiro atoms. The highest BCUT2D eigenvalue weighted by Crippen LogP contribution is 2.13. The van der Waals surface area contributed by atoms with Crippen molar-refractivity contribution in [1.82, 2.24) is 15.1 Å². The number of ether oxygens (including phenoxy) is 1. The summed E-state index contributed by atoms with van der Waals surface area (Å²) in [4.78, 5) is 27.2. The zero-order chi connectivity index (χ0) is 19.6. The molecule has 27 heavy (non-hydrogen) atoms. The van der Waals surface area contributed by atoms with Gasteiger partial charge in [0.15, 0.2) is 0 Å². The molecule has 1 aromatic rings. The summed E-state index contributed by atoms with van der Waals surface area (Å²) in [6, 6.07) is 7.99. The fourth-order valence-corrected chi connectivity index (χ4v) is 2.94. The number of benzene rings is 1. The van der Waals surface area contributed by atoms with E-state index in [2.05, 4.69) is 10.2 Å². The van der Waals surface area contributed by atoms with Gasteiger partial charge in [-0.05, 0) is 24.1 Å². The average Bonchev–Trinajstić information content (AvgIpc) is 2.68. The van der Waals surface area contributed by atoms with Crippen molar-refractivity contribution in [1.29, 1.82) is 0 Å². The number of rotatable bonds is 9. The highest BCUT2D eigenvalue weighted by atomic mass is 16.5. The van der Waals surface area contributed by atoms with Crippen molar-refractivity contribution in [2.24, 2.45) is 11.7 Å². The molecule has 3 N–H and O–H groups in total. The number of piperazine rings is 1. The smallest absolute Gasteiger partial charge is 0.224 e. The third kappa shape index (κ3) is 7.19. The van der Waals surface area contributed by atoms with Crippen LogP contribution in [0.3, 0.4) is 0 Å². The van der Waals surface area contributed by atoms with Crippen molar-refractivity contribution >= 4 is 11.8 Å². The molecule has 1 heterocycles. The van der Waals surface area contributed by atoms with Gasteiger partial charge in [0.1, 0.15) is 12.4 Å². The minimum Gasteiger partial charge on any atom is -0.492 e. The van der Waals surface area contributed by atoms with Gasteiger partial charge in [0.05, 0.1) is 0 Å². The lowest BCUT2D eigenvalue weighted by Gasteiger charge is -2.34. The molecule has 1 unspecified atom stereocenters. The highest BCUT2D eigenvalue weighted by molar-refractivity contribution is 5.78. The van der Waals surface area contributed by atoms with Gasteiger partial charge in [-0.2, -0.15) is 0 Å². The maximum Gasteiger partial charge on any atom is 0.224 e. The number of carbonyl (C=O) groups is 2. The summed E-state index contributed by atoms with van der Waals surface area (Å²) in [6.07, 6.45) is 0.781. The zero-order valence-corrected chi connectivity index (χ0v) is 16.4. The van der Waals surface area contributed by atoms with Crippen molar-refractivity contribution in [3.05, 3.63) is 29.8 Å². The number of amides is 2. The van der Waals surface area contributed by atoms with Gasteiger partial charge < -0.3 is 20.7 Å². The lowest BCUT2D eigenvalue weighted by Crippen LogP contribution is -2.48. The predicted molar refractivity (Wildman–Crippen MR) is 106 cm³/mol. The Kier molecular flexibility index (Phi) is 8.54. The van der Waals surface area contributed by atoms with Crippen LogP contribution in [-0.2, 0) is 16.0 Å². The second kappa shape index (κ2) is 10.9. The van der Waals surface area contributed by atoms with Gasteiger partial charge in [-0.3, -0.25) is 14.5 Å². The molecule has 1 aliphatic heterocycles. The molecule has 0 radical (unpaired) electrons. The third-order valence-corrected chi connectivity index (χ3v) is 4.93. The minimum atomic E-state index is -0.147. The molecule has 1 atom stereocenters. The molecular formula is C20H32N4O3. The normalized spacial score (nSPS) is 16.0. The van der Waals surface area contributed by atoms with Crippen LogP contribution in [0.25, 0.3) is 0 Å². The van der Waals surface area contributed by atoms with Crippen LogP contribution in [-0.4, -0.2) is 74.0 Å². The molecule has 7 nitrogen and oxygen atoms in total. The summed E-state index contributed by atoms with van der Waals surface area (Å²) >= 11 is 0. The summed E-state index contributed by atoms with van der Waals surface area (Å²) in [5, 5.41) is 2.90. The van der Waals surface area contributed by atoms with Gasteiger partial charge >= 0.3 is 0 Å². The van der Waals surface area contributed by atoms with E-state index < -0.39 is 0 Å². The van der Waals surface area contributed by atoms with E-state index in [0.29, 0.717) is 19.7 Å². The topological polar surface area (TPSA) is 87.9 Å². The summed E-state index contributed by atoms with van der Waals surface area (Å²) in [5.41, 5.74) is 6.64. The predicted octanol–water partition coefficient (Wildman–Crippen LogP) is 0.483. The second-order valence-corrected chi connectivity index (χ2v) is 7.02. The van der Waals surface area contributed by atoms with Gasteiger partial charge in [0.25, 0.3) is 0 Å². The summed E-state index contributed by atoms with van der Waals surface area (Å²) in [7, 11) is 0. The monoisotopic (exact) mass is 376 g/mol. The number of nitrogens with one attached hydrogen (secondary N) is 1. The van der Waals surface area contributed by atoms with Crippen molar-refractivity contribution < 1.29 is 14.3 Å². The maximum absolute atomic E-state index is 11.7.